The van der Waals surface area contributed by atoms with Gasteiger partial charge >= 0.3 is 0 Å². The topological polar surface area (TPSA) is 3.88 Å². The molecule has 1 nitrogen and oxygen atoms in total. The number of hydrogen-bond donors (Lipinski definition) is 0. The monoisotopic (exact) mass is 220 g/mol. The fourth-order valence-electron chi connectivity index (χ4n) is 4.08. The Bertz CT molecular complexity index is 659. The summed E-state index contributed by atoms with van der Waals surface area (Å²) in [5, 5.41) is 0. The van der Waals surface area contributed by atoms with Crippen LogP contribution in [0.3, 0.4) is 0 Å². The zero-order valence-corrected chi connectivity index (χ0v) is 9.74. The second kappa shape index (κ2) is 2.61. The number of allylic oxidation sites excluding steroid dienone is 5. The average molecular weight is 220 g/mol. The number of hydrogen-bond acceptors (Lipinski definition) is 0. The standard InChI is InChI=1S/C16H14N/c1-3-10-9-11-7-8-15-13-5-2-6-14(13)16(17(11)15)12(10)4-1/h1-3,5,9,15H,4,6-8H2/q+1. The third-order valence-corrected chi connectivity index (χ3v) is 4.72. The van der Waals surface area contributed by atoms with E-state index < -0.39 is 0 Å². The minimum atomic E-state index is 0.666. The second-order valence-electron chi connectivity index (χ2n) is 5.49. The van der Waals surface area contributed by atoms with Crippen LogP contribution in [-0.2, 0) is 12.8 Å². The lowest BCUT2D eigenvalue weighted by atomic mass is 9.98. The largest absolute Gasteiger partial charge is 0.214 e. The van der Waals surface area contributed by atoms with Crippen molar-refractivity contribution in [3.63, 3.8) is 0 Å². The van der Waals surface area contributed by atoms with Crippen molar-refractivity contribution in [3.05, 3.63) is 52.4 Å². The first kappa shape index (κ1) is 8.46. The van der Waals surface area contributed by atoms with E-state index in [2.05, 4.69) is 34.9 Å². The van der Waals surface area contributed by atoms with Gasteiger partial charge in [0.25, 0.3) is 0 Å². The molecule has 17 heavy (non-hydrogen) atoms. The molecule has 4 aliphatic rings. The predicted molar refractivity (Wildman–Crippen MR) is 67.4 cm³/mol. The number of aromatic nitrogens is 1. The maximum Gasteiger partial charge on any atom is 0.214 e. The van der Waals surface area contributed by atoms with Gasteiger partial charge in [0.2, 0.25) is 5.69 Å². The lowest BCUT2D eigenvalue weighted by Gasteiger charge is -2.07. The van der Waals surface area contributed by atoms with Crippen LogP contribution in [0.2, 0.25) is 0 Å². The Labute approximate surface area is 101 Å². The predicted octanol–water partition coefficient (Wildman–Crippen LogP) is 2.76. The summed E-state index contributed by atoms with van der Waals surface area (Å²) in [7, 11) is 0. The SMILES string of the molecule is C1=CC2=C(C1)c1c3c(cc4[n+]1C2CC4)C=CC3. The van der Waals surface area contributed by atoms with Gasteiger partial charge < -0.3 is 0 Å². The van der Waals surface area contributed by atoms with Crippen molar-refractivity contribution in [1.29, 1.82) is 0 Å². The molecule has 2 aliphatic heterocycles. The van der Waals surface area contributed by atoms with E-state index >= 15 is 0 Å². The van der Waals surface area contributed by atoms with E-state index in [9.17, 15) is 0 Å². The molecule has 1 aromatic heterocycles. The van der Waals surface area contributed by atoms with Crippen LogP contribution in [0.4, 0.5) is 0 Å². The molecule has 3 heterocycles. The van der Waals surface area contributed by atoms with Gasteiger partial charge in [-0.05, 0) is 18.4 Å². The Balaban J connectivity index is 1.92. The fraction of sp³-hybridized carbons (Fsp3) is 0.312. The van der Waals surface area contributed by atoms with Gasteiger partial charge in [-0.3, -0.25) is 0 Å². The summed E-state index contributed by atoms with van der Waals surface area (Å²) in [4.78, 5) is 0. The van der Waals surface area contributed by atoms with Crippen LogP contribution in [0.15, 0.2) is 29.9 Å². The van der Waals surface area contributed by atoms with Gasteiger partial charge in [0.15, 0.2) is 11.7 Å². The van der Waals surface area contributed by atoms with E-state index in [1.807, 2.05) is 0 Å². The Morgan fingerprint density at radius 1 is 1.12 bits per heavy atom. The van der Waals surface area contributed by atoms with Gasteiger partial charge in [0.05, 0.1) is 0 Å². The van der Waals surface area contributed by atoms with E-state index in [1.54, 1.807) is 28.1 Å². The van der Waals surface area contributed by atoms with Gasteiger partial charge in [0, 0.05) is 35.6 Å². The first-order valence-corrected chi connectivity index (χ1v) is 6.60. The van der Waals surface area contributed by atoms with Gasteiger partial charge in [-0.1, -0.05) is 24.3 Å². The minimum absolute atomic E-state index is 0.666. The summed E-state index contributed by atoms with van der Waals surface area (Å²) < 4.78 is 2.64. The molecule has 0 amide bonds. The number of fused-ring (bicyclic) bond motifs is 4. The van der Waals surface area contributed by atoms with Gasteiger partial charge in [-0.15, -0.1) is 0 Å². The molecule has 0 saturated carbocycles. The maximum absolute atomic E-state index is 2.64. The number of rotatable bonds is 0. The lowest BCUT2D eigenvalue weighted by Crippen LogP contribution is -2.39. The van der Waals surface area contributed by atoms with E-state index in [0.717, 1.165) is 12.8 Å². The van der Waals surface area contributed by atoms with Crippen LogP contribution in [-0.4, -0.2) is 0 Å². The summed E-state index contributed by atoms with van der Waals surface area (Å²) in [5.41, 5.74) is 9.42. The normalized spacial score (nSPS) is 25.8. The average Bonchev–Trinajstić information content (AvgIpc) is 3.05. The van der Waals surface area contributed by atoms with Crippen molar-refractivity contribution in [2.24, 2.45) is 0 Å². The Hall–Kier alpha value is -1.63. The van der Waals surface area contributed by atoms with E-state index in [0.29, 0.717) is 6.04 Å². The van der Waals surface area contributed by atoms with Gasteiger partial charge in [-0.25, -0.2) is 0 Å². The van der Waals surface area contributed by atoms with Crippen molar-refractivity contribution in [1.82, 2.24) is 0 Å². The Morgan fingerprint density at radius 2 is 2.06 bits per heavy atom. The number of aryl methyl sites for hydroxylation is 1. The number of nitrogens with zero attached hydrogens (tertiary/aromatic N) is 1. The van der Waals surface area contributed by atoms with Crippen LogP contribution in [0.25, 0.3) is 11.6 Å². The van der Waals surface area contributed by atoms with Gasteiger partial charge in [0.1, 0.15) is 0 Å². The molecule has 5 rings (SSSR count). The van der Waals surface area contributed by atoms with E-state index in [-0.39, 0.29) is 0 Å². The smallest absolute Gasteiger partial charge is 0.188 e. The zero-order valence-electron chi connectivity index (χ0n) is 9.74. The molecule has 0 saturated heterocycles. The summed E-state index contributed by atoms with van der Waals surface area (Å²) in [6, 6.07) is 3.09. The fourth-order valence-corrected chi connectivity index (χ4v) is 4.08. The Kier molecular flexibility index (Phi) is 1.30. The molecule has 0 bridgehead atoms. The quantitative estimate of drug-likeness (QED) is 0.592. The molecule has 0 N–H and O–H groups in total. The molecule has 2 aliphatic carbocycles. The molecular formula is C16H14N+. The molecule has 1 atom stereocenters. The molecule has 1 heteroatoms. The Morgan fingerprint density at radius 3 is 3.06 bits per heavy atom. The third-order valence-electron chi connectivity index (χ3n) is 4.72. The second-order valence-corrected chi connectivity index (χ2v) is 5.49. The molecule has 1 aromatic rings. The van der Waals surface area contributed by atoms with E-state index in [4.69, 9.17) is 0 Å². The molecule has 0 fully saturated rings. The maximum atomic E-state index is 2.64. The van der Waals surface area contributed by atoms with Crippen LogP contribution >= 0.6 is 0 Å². The molecule has 1 unspecified atom stereocenters. The van der Waals surface area contributed by atoms with Gasteiger partial charge in [-0.2, -0.15) is 4.57 Å². The van der Waals surface area contributed by atoms with Crippen molar-refractivity contribution in [2.45, 2.75) is 31.7 Å². The summed E-state index contributed by atoms with van der Waals surface area (Å²) in [6.45, 7) is 0. The highest BCUT2D eigenvalue weighted by Gasteiger charge is 2.46. The summed E-state index contributed by atoms with van der Waals surface area (Å²) in [6.07, 6.45) is 14.2. The van der Waals surface area contributed by atoms with Crippen molar-refractivity contribution in [2.75, 3.05) is 0 Å². The van der Waals surface area contributed by atoms with Crippen molar-refractivity contribution in [3.8, 4) is 0 Å². The molecule has 0 radical (unpaired) electrons. The van der Waals surface area contributed by atoms with E-state index in [1.165, 1.54) is 18.4 Å². The number of pyridine rings is 1. The molecule has 82 valence electrons. The highest BCUT2D eigenvalue weighted by molar-refractivity contribution is 5.79. The lowest BCUT2D eigenvalue weighted by molar-refractivity contribution is -0.705. The third kappa shape index (κ3) is 0.833. The van der Waals surface area contributed by atoms with Crippen LogP contribution in [0.1, 0.15) is 41.4 Å². The van der Waals surface area contributed by atoms with Crippen molar-refractivity contribution < 1.29 is 4.57 Å². The highest BCUT2D eigenvalue weighted by Crippen LogP contribution is 2.45. The van der Waals surface area contributed by atoms with Crippen LogP contribution in [0.5, 0.6) is 0 Å². The minimum Gasteiger partial charge on any atom is -0.188 e. The van der Waals surface area contributed by atoms with Crippen molar-refractivity contribution >= 4 is 11.6 Å². The van der Waals surface area contributed by atoms with Crippen LogP contribution < -0.4 is 4.57 Å². The first-order chi connectivity index (χ1) is 8.43. The molecule has 0 spiro atoms. The zero-order chi connectivity index (χ0) is 11.0. The molecular weight excluding hydrogens is 206 g/mol. The summed E-state index contributed by atoms with van der Waals surface area (Å²) in [5.74, 6) is 0. The molecule has 0 aromatic carbocycles. The van der Waals surface area contributed by atoms with Crippen LogP contribution in [0, 0.1) is 0 Å². The summed E-state index contributed by atoms with van der Waals surface area (Å²) >= 11 is 0. The highest BCUT2D eigenvalue weighted by atomic mass is 15.1. The first-order valence-electron chi connectivity index (χ1n) is 6.60.